The van der Waals surface area contributed by atoms with E-state index in [0.717, 1.165) is 21.3 Å². The number of aromatic nitrogens is 1. The average molecular weight is 419 g/mol. The number of pyridine rings is 1. The van der Waals surface area contributed by atoms with E-state index in [2.05, 4.69) is 4.98 Å². The third-order valence-corrected chi connectivity index (χ3v) is 5.71. The fraction of sp³-hybridized carbons (Fsp3) is 0.167. The molecule has 2 aromatic carbocycles. The first kappa shape index (κ1) is 19.9. The summed E-state index contributed by atoms with van der Waals surface area (Å²) < 4.78 is 10.7. The van der Waals surface area contributed by atoms with Crippen molar-refractivity contribution in [2.75, 3.05) is 14.2 Å². The zero-order valence-electron chi connectivity index (χ0n) is 16.9. The molecule has 0 aliphatic heterocycles. The van der Waals surface area contributed by atoms with Crippen LogP contribution in [0.1, 0.15) is 20.9 Å². The number of fused-ring (bicyclic) bond motifs is 1. The molecule has 30 heavy (non-hydrogen) atoms. The van der Waals surface area contributed by atoms with Crippen LogP contribution in [0.2, 0.25) is 0 Å². The number of thiophene rings is 1. The summed E-state index contributed by atoms with van der Waals surface area (Å²) in [7, 11) is 3.21. The maximum atomic E-state index is 13.4. The van der Waals surface area contributed by atoms with Gasteiger partial charge in [0.2, 0.25) is 0 Å². The van der Waals surface area contributed by atoms with E-state index in [4.69, 9.17) is 9.47 Å². The Morgan fingerprint density at radius 2 is 1.77 bits per heavy atom. The first-order chi connectivity index (χ1) is 14.7. The topological polar surface area (TPSA) is 51.7 Å². The van der Waals surface area contributed by atoms with Gasteiger partial charge >= 0.3 is 0 Å². The molecule has 1 amide bonds. The van der Waals surface area contributed by atoms with Crippen molar-refractivity contribution >= 4 is 28.1 Å². The van der Waals surface area contributed by atoms with Gasteiger partial charge in [0.1, 0.15) is 5.69 Å². The molecule has 0 aliphatic carbocycles. The molecule has 0 saturated heterocycles. The van der Waals surface area contributed by atoms with Crippen LogP contribution < -0.4 is 9.47 Å². The van der Waals surface area contributed by atoms with Gasteiger partial charge in [0, 0.05) is 16.8 Å². The molecule has 4 rings (SSSR count). The summed E-state index contributed by atoms with van der Waals surface area (Å²) in [5.74, 6) is 1.19. The lowest BCUT2D eigenvalue weighted by Gasteiger charge is -2.23. The van der Waals surface area contributed by atoms with Gasteiger partial charge in [0.05, 0.1) is 26.3 Å². The summed E-state index contributed by atoms with van der Waals surface area (Å²) in [5, 5.41) is 3.03. The van der Waals surface area contributed by atoms with Crippen molar-refractivity contribution in [3.63, 3.8) is 0 Å². The standard InChI is InChI=1S/C24H22N2O3S/c1-28-22-12-9-17(14-23(22)29-2)15-26(16-19-7-5-13-30-19)24(27)21-11-10-18-6-3-4-8-20(18)25-21/h3-14H,15-16H2,1-2H3. The molecule has 0 spiro atoms. The number of carbonyl (C=O) groups excluding carboxylic acids is 1. The molecule has 0 bridgehead atoms. The Balaban J connectivity index is 1.65. The van der Waals surface area contributed by atoms with Crippen LogP contribution >= 0.6 is 11.3 Å². The molecule has 152 valence electrons. The van der Waals surface area contributed by atoms with Gasteiger partial charge in [0.15, 0.2) is 11.5 Å². The summed E-state index contributed by atoms with van der Waals surface area (Å²) >= 11 is 1.63. The summed E-state index contributed by atoms with van der Waals surface area (Å²) in [6.07, 6.45) is 0. The van der Waals surface area contributed by atoms with Gasteiger partial charge in [-0.05, 0) is 41.3 Å². The van der Waals surface area contributed by atoms with E-state index in [1.807, 2.05) is 70.9 Å². The Hall–Kier alpha value is -3.38. The smallest absolute Gasteiger partial charge is 0.273 e. The molecule has 0 saturated carbocycles. The van der Waals surface area contributed by atoms with Gasteiger partial charge < -0.3 is 14.4 Å². The molecule has 6 heteroatoms. The molecular weight excluding hydrogens is 396 g/mol. The second-order valence-electron chi connectivity index (χ2n) is 6.82. The van der Waals surface area contributed by atoms with Crippen LogP contribution in [-0.4, -0.2) is 30.0 Å². The van der Waals surface area contributed by atoms with E-state index in [1.54, 1.807) is 31.6 Å². The van der Waals surface area contributed by atoms with Crippen molar-refractivity contribution in [2.45, 2.75) is 13.1 Å². The van der Waals surface area contributed by atoms with Gasteiger partial charge in [-0.1, -0.05) is 36.4 Å². The average Bonchev–Trinajstić information content (AvgIpc) is 3.31. The van der Waals surface area contributed by atoms with Crippen molar-refractivity contribution in [1.29, 1.82) is 0 Å². The molecule has 2 aromatic heterocycles. The summed E-state index contributed by atoms with van der Waals surface area (Å²) in [4.78, 5) is 20.9. The number of hydrogen-bond donors (Lipinski definition) is 0. The number of benzene rings is 2. The summed E-state index contributed by atoms with van der Waals surface area (Å²) in [6.45, 7) is 0.949. The van der Waals surface area contributed by atoms with Crippen LogP contribution in [0.15, 0.2) is 72.1 Å². The number of carbonyl (C=O) groups is 1. The second kappa shape index (κ2) is 8.97. The number of ether oxygens (including phenoxy) is 2. The fourth-order valence-corrected chi connectivity index (χ4v) is 4.06. The van der Waals surface area contributed by atoms with Crippen molar-refractivity contribution in [3.8, 4) is 11.5 Å². The van der Waals surface area contributed by atoms with E-state index >= 15 is 0 Å². The van der Waals surface area contributed by atoms with Crippen LogP contribution in [0.4, 0.5) is 0 Å². The highest BCUT2D eigenvalue weighted by molar-refractivity contribution is 7.09. The zero-order chi connectivity index (χ0) is 20.9. The van der Waals surface area contributed by atoms with Crippen molar-refractivity contribution < 1.29 is 14.3 Å². The highest BCUT2D eigenvalue weighted by Gasteiger charge is 2.19. The number of methoxy groups -OCH3 is 2. The molecule has 2 heterocycles. The minimum atomic E-state index is -0.107. The molecule has 0 atom stereocenters. The Morgan fingerprint density at radius 3 is 2.53 bits per heavy atom. The highest BCUT2D eigenvalue weighted by Crippen LogP contribution is 2.28. The molecule has 0 fully saturated rings. The normalized spacial score (nSPS) is 10.7. The second-order valence-corrected chi connectivity index (χ2v) is 7.85. The van der Waals surface area contributed by atoms with Crippen LogP contribution in [0.25, 0.3) is 10.9 Å². The lowest BCUT2D eigenvalue weighted by molar-refractivity contribution is 0.0726. The molecule has 0 aliphatic rings. The minimum absolute atomic E-state index is 0.107. The number of para-hydroxylation sites is 1. The van der Waals surface area contributed by atoms with Gasteiger partial charge in [-0.15, -0.1) is 11.3 Å². The zero-order valence-corrected chi connectivity index (χ0v) is 17.7. The number of amides is 1. The minimum Gasteiger partial charge on any atom is -0.493 e. The van der Waals surface area contributed by atoms with Gasteiger partial charge in [-0.3, -0.25) is 4.79 Å². The van der Waals surface area contributed by atoms with Crippen LogP contribution in [-0.2, 0) is 13.1 Å². The van der Waals surface area contributed by atoms with Crippen LogP contribution in [0.3, 0.4) is 0 Å². The molecule has 0 N–H and O–H groups in total. The Morgan fingerprint density at radius 1 is 0.933 bits per heavy atom. The molecular formula is C24H22N2O3S. The van der Waals surface area contributed by atoms with Crippen LogP contribution in [0, 0.1) is 0 Å². The largest absolute Gasteiger partial charge is 0.493 e. The van der Waals surface area contributed by atoms with Gasteiger partial charge in [-0.25, -0.2) is 4.98 Å². The third-order valence-electron chi connectivity index (χ3n) is 4.85. The monoisotopic (exact) mass is 418 g/mol. The van der Waals surface area contributed by atoms with Crippen LogP contribution in [0.5, 0.6) is 11.5 Å². The van der Waals surface area contributed by atoms with E-state index in [-0.39, 0.29) is 5.91 Å². The molecule has 4 aromatic rings. The Kier molecular flexibility index (Phi) is 5.95. The third kappa shape index (κ3) is 4.28. The fourth-order valence-electron chi connectivity index (χ4n) is 3.34. The van der Waals surface area contributed by atoms with Crippen molar-refractivity contribution in [1.82, 2.24) is 9.88 Å². The highest BCUT2D eigenvalue weighted by atomic mass is 32.1. The van der Waals surface area contributed by atoms with E-state index in [0.29, 0.717) is 30.3 Å². The van der Waals surface area contributed by atoms with Crippen molar-refractivity contribution in [3.05, 3.63) is 88.2 Å². The maximum Gasteiger partial charge on any atom is 0.273 e. The number of hydrogen-bond acceptors (Lipinski definition) is 5. The first-order valence-electron chi connectivity index (χ1n) is 9.56. The SMILES string of the molecule is COc1ccc(CN(Cc2cccs2)C(=O)c2ccc3ccccc3n2)cc1OC. The van der Waals surface area contributed by atoms with Crippen molar-refractivity contribution in [2.24, 2.45) is 0 Å². The quantitative estimate of drug-likeness (QED) is 0.416. The number of rotatable bonds is 7. The Bertz CT molecular complexity index is 1160. The van der Waals surface area contributed by atoms with E-state index in [1.165, 1.54) is 0 Å². The summed E-state index contributed by atoms with van der Waals surface area (Å²) in [5.41, 5.74) is 2.20. The molecule has 0 radical (unpaired) electrons. The lowest BCUT2D eigenvalue weighted by atomic mass is 10.1. The van der Waals surface area contributed by atoms with E-state index in [9.17, 15) is 4.79 Å². The lowest BCUT2D eigenvalue weighted by Crippen LogP contribution is -2.30. The van der Waals surface area contributed by atoms with Gasteiger partial charge in [-0.2, -0.15) is 0 Å². The number of nitrogens with zero attached hydrogens (tertiary/aromatic N) is 2. The van der Waals surface area contributed by atoms with E-state index < -0.39 is 0 Å². The molecule has 5 nitrogen and oxygen atoms in total. The van der Waals surface area contributed by atoms with Gasteiger partial charge in [0.25, 0.3) is 5.91 Å². The maximum absolute atomic E-state index is 13.4. The first-order valence-corrected chi connectivity index (χ1v) is 10.4. The summed E-state index contributed by atoms with van der Waals surface area (Å²) in [6, 6.07) is 21.3. The Labute approximate surface area is 179 Å². The predicted octanol–water partition coefficient (Wildman–Crippen LogP) is 5.16. The predicted molar refractivity (Wildman–Crippen MR) is 119 cm³/mol. The molecule has 0 unspecified atom stereocenters.